The maximum atomic E-state index is 6.71. The van der Waals surface area contributed by atoms with Crippen LogP contribution in [0.25, 0.3) is 77.2 Å². The molecule has 0 saturated carbocycles. The van der Waals surface area contributed by atoms with Crippen molar-refractivity contribution in [3.8, 4) is 44.5 Å². The SMILES string of the molecule is c1ccc(-c2ccc(N(c3cccc(-c4cccc5cccc(-c6ccccc6)c45)c3)c3cccc4c3oc3ccccc34)cc2-c2ccccc2)cc1. The highest BCUT2D eigenvalue weighted by atomic mass is 16.3. The monoisotopic (exact) mass is 689 g/mol. The summed E-state index contributed by atoms with van der Waals surface area (Å²) in [5.74, 6) is 0. The second-order valence-corrected chi connectivity index (χ2v) is 13.7. The summed E-state index contributed by atoms with van der Waals surface area (Å²) in [5, 5.41) is 4.66. The van der Waals surface area contributed by atoms with Gasteiger partial charge in [-0.1, -0.05) is 176 Å². The van der Waals surface area contributed by atoms with Crippen LogP contribution >= 0.6 is 0 Å². The van der Waals surface area contributed by atoms with E-state index in [1.807, 2.05) is 6.07 Å². The number of anilines is 3. The molecule has 2 nitrogen and oxygen atoms in total. The molecule has 0 atom stereocenters. The lowest BCUT2D eigenvalue weighted by molar-refractivity contribution is 0.669. The van der Waals surface area contributed by atoms with Crippen molar-refractivity contribution in [2.24, 2.45) is 0 Å². The van der Waals surface area contributed by atoms with Gasteiger partial charge < -0.3 is 9.32 Å². The molecular formula is C52H35NO. The number of fused-ring (bicyclic) bond motifs is 4. The molecule has 1 heterocycles. The molecule has 10 rings (SSSR count). The highest BCUT2D eigenvalue weighted by Crippen LogP contribution is 2.46. The third-order valence-corrected chi connectivity index (χ3v) is 10.5. The van der Waals surface area contributed by atoms with Gasteiger partial charge in [-0.3, -0.25) is 0 Å². The Balaban J connectivity index is 1.22. The molecule has 0 aliphatic carbocycles. The lowest BCUT2D eigenvalue weighted by Gasteiger charge is -2.27. The summed E-state index contributed by atoms with van der Waals surface area (Å²) in [6, 6.07) is 75.8. The van der Waals surface area contributed by atoms with Crippen molar-refractivity contribution in [2.45, 2.75) is 0 Å². The third kappa shape index (κ3) is 5.53. The predicted octanol–water partition coefficient (Wildman–Crippen LogP) is 14.9. The molecule has 0 saturated heterocycles. The number of rotatable bonds is 7. The Labute approximate surface area is 314 Å². The van der Waals surface area contributed by atoms with Crippen LogP contribution in [0.2, 0.25) is 0 Å². The fourth-order valence-electron chi connectivity index (χ4n) is 7.99. The smallest absolute Gasteiger partial charge is 0.159 e. The van der Waals surface area contributed by atoms with Crippen molar-refractivity contribution in [1.29, 1.82) is 0 Å². The zero-order chi connectivity index (χ0) is 35.8. The summed E-state index contributed by atoms with van der Waals surface area (Å²) < 4.78 is 6.71. The number of para-hydroxylation sites is 2. The molecule has 9 aromatic carbocycles. The summed E-state index contributed by atoms with van der Waals surface area (Å²) in [6.45, 7) is 0. The van der Waals surface area contributed by atoms with E-state index in [2.05, 4.69) is 211 Å². The van der Waals surface area contributed by atoms with Gasteiger partial charge >= 0.3 is 0 Å². The zero-order valence-electron chi connectivity index (χ0n) is 29.6. The molecule has 0 bridgehead atoms. The first-order chi connectivity index (χ1) is 26.8. The maximum absolute atomic E-state index is 6.71. The molecular weight excluding hydrogens is 655 g/mol. The molecule has 0 fully saturated rings. The zero-order valence-corrected chi connectivity index (χ0v) is 29.6. The molecule has 0 aliphatic heterocycles. The molecule has 0 radical (unpaired) electrons. The lowest BCUT2D eigenvalue weighted by atomic mass is 9.91. The minimum Gasteiger partial charge on any atom is -0.454 e. The van der Waals surface area contributed by atoms with E-state index < -0.39 is 0 Å². The van der Waals surface area contributed by atoms with Crippen molar-refractivity contribution in [3.05, 3.63) is 212 Å². The number of hydrogen-bond donors (Lipinski definition) is 0. The van der Waals surface area contributed by atoms with Gasteiger partial charge in [0.1, 0.15) is 5.58 Å². The molecule has 54 heavy (non-hydrogen) atoms. The normalized spacial score (nSPS) is 11.3. The van der Waals surface area contributed by atoms with E-state index in [9.17, 15) is 0 Å². The number of nitrogens with zero attached hydrogens (tertiary/aromatic N) is 1. The van der Waals surface area contributed by atoms with Crippen molar-refractivity contribution in [1.82, 2.24) is 0 Å². The van der Waals surface area contributed by atoms with E-state index >= 15 is 0 Å². The van der Waals surface area contributed by atoms with E-state index in [-0.39, 0.29) is 0 Å². The molecule has 10 aromatic rings. The molecule has 2 heteroatoms. The highest BCUT2D eigenvalue weighted by molar-refractivity contribution is 6.11. The topological polar surface area (TPSA) is 16.4 Å². The Morgan fingerprint density at radius 3 is 1.59 bits per heavy atom. The van der Waals surface area contributed by atoms with Crippen molar-refractivity contribution >= 4 is 49.8 Å². The quantitative estimate of drug-likeness (QED) is 0.166. The summed E-state index contributed by atoms with van der Waals surface area (Å²) in [5.41, 5.74) is 14.3. The van der Waals surface area contributed by atoms with E-state index in [0.717, 1.165) is 50.1 Å². The molecule has 0 aliphatic rings. The van der Waals surface area contributed by atoms with Gasteiger partial charge in [0.05, 0.1) is 5.69 Å². The second-order valence-electron chi connectivity index (χ2n) is 13.7. The van der Waals surface area contributed by atoms with Crippen molar-refractivity contribution in [2.75, 3.05) is 4.90 Å². The van der Waals surface area contributed by atoms with Gasteiger partial charge in [0.25, 0.3) is 0 Å². The standard InChI is InChI=1S/C52H35NO/c1-4-16-36(17-5-1)43-33-32-42(35-48(43)38-20-8-3-9-21-38)53(49-30-15-29-47-46-26-10-11-31-50(46)54-52(47)49)41-25-12-24-40(34-41)45-28-14-23-39-22-13-27-44(51(39)45)37-18-6-2-7-19-37/h1-35H. The number of furan rings is 1. The summed E-state index contributed by atoms with van der Waals surface area (Å²) >= 11 is 0. The Kier molecular flexibility index (Phi) is 7.85. The summed E-state index contributed by atoms with van der Waals surface area (Å²) in [7, 11) is 0. The predicted molar refractivity (Wildman–Crippen MR) is 228 cm³/mol. The van der Waals surface area contributed by atoms with Crippen LogP contribution in [-0.2, 0) is 0 Å². The minimum atomic E-state index is 0.856. The molecule has 254 valence electrons. The number of benzene rings is 9. The second kappa shape index (κ2) is 13.4. The molecule has 0 spiro atoms. The number of hydrogen-bond acceptors (Lipinski definition) is 2. The fourth-order valence-corrected chi connectivity index (χ4v) is 7.99. The molecule has 0 amide bonds. The van der Waals surface area contributed by atoms with Crippen LogP contribution in [0, 0.1) is 0 Å². The highest BCUT2D eigenvalue weighted by Gasteiger charge is 2.22. The van der Waals surface area contributed by atoms with E-state index in [4.69, 9.17) is 4.42 Å². The van der Waals surface area contributed by atoms with Crippen LogP contribution in [0.15, 0.2) is 217 Å². The largest absolute Gasteiger partial charge is 0.454 e. The van der Waals surface area contributed by atoms with Crippen LogP contribution in [0.4, 0.5) is 17.1 Å². The summed E-state index contributed by atoms with van der Waals surface area (Å²) in [4.78, 5) is 2.36. The molecule has 0 unspecified atom stereocenters. The van der Waals surface area contributed by atoms with Crippen LogP contribution < -0.4 is 4.90 Å². The maximum Gasteiger partial charge on any atom is 0.159 e. The van der Waals surface area contributed by atoms with Crippen LogP contribution in [-0.4, -0.2) is 0 Å². The van der Waals surface area contributed by atoms with Gasteiger partial charge in [-0.2, -0.15) is 0 Å². The van der Waals surface area contributed by atoms with Gasteiger partial charge in [0.2, 0.25) is 0 Å². The van der Waals surface area contributed by atoms with Gasteiger partial charge in [0, 0.05) is 22.1 Å². The van der Waals surface area contributed by atoms with Crippen LogP contribution in [0.5, 0.6) is 0 Å². The van der Waals surface area contributed by atoms with Gasteiger partial charge in [-0.05, 0) is 91.7 Å². The Morgan fingerprint density at radius 2 is 0.870 bits per heavy atom. The van der Waals surface area contributed by atoms with E-state index in [1.54, 1.807) is 0 Å². The molecule has 0 N–H and O–H groups in total. The van der Waals surface area contributed by atoms with Gasteiger partial charge in [0.15, 0.2) is 5.58 Å². The lowest BCUT2D eigenvalue weighted by Crippen LogP contribution is -2.10. The van der Waals surface area contributed by atoms with E-state index in [0.29, 0.717) is 0 Å². The first kappa shape index (κ1) is 31.6. The Morgan fingerprint density at radius 1 is 0.333 bits per heavy atom. The third-order valence-electron chi connectivity index (χ3n) is 10.5. The average Bonchev–Trinajstić information content (AvgIpc) is 3.64. The fraction of sp³-hybridized carbons (Fsp3) is 0. The average molecular weight is 690 g/mol. The van der Waals surface area contributed by atoms with E-state index in [1.165, 1.54) is 44.2 Å². The van der Waals surface area contributed by atoms with Crippen LogP contribution in [0.1, 0.15) is 0 Å². The summed E-state index contributed by atoms with van der Waals surface area (Å²) in [6.07, 6.45) is 0. The van der Waals surface area contributed by atoms with Crippen molar-refractivity contribution in [3.63, 3.8) is 0 Å². The Hall–Kier alpha value is -7.16. The van der Waals surface area contributed by atoms with Crippen molar-refractivity contribution < 1.29 is 4.42 Å². The van der Waals surface area contributed by atoms with Crippen LogP contribution in [0.3, 0.4) is 0 Å². The minimum absolute atomic E-state index is 0.856. The Bertz CT molecular complexity index is 2920. The molecule has 1 aromatic heterocycles. The van der Waals surface area contributed by atoms with Gasteiger partial charge in [-0.15, -0.1) is 0 Å². The first-order valence-corrected chi connectivity index (χ1v) is 18.4. The van der Waals surface area contributed by atoms with Gasteiger partial charge in [-0.25, -0.2) is 0 Å². The first-order valence-electron chi connectivity index (χ1n) is 18.4.